The molecule has 0 atom stereocenters. The summed E-state index contributed by atoms with van der Waals surface area (Å²) in [5, 5.41) is 0.436. The van der Waals surface area contributed by atoms with E-state index in [9.17, 15) is 14.0 Å². The van der Waals surface area contributed by atoms with Crippen LogP contribution in [0.1, 0.15) is 22.2 Å². The van der Waals surface area contributed by atoms with E-state index < -0.39 is 11.8 Å². The van der Waals surface area contributed by atoms with E-state index in [1.807, 2.05) is 6.92 Å². The SMILES string of the molecule is CCn1cnc2sc(C(=O)Oc3ccc(F)cc3)c(C)c2c1=O. The van der Waals surface area contributed by atoms with Gasteiger partial charge >= 0.3 is 5.97 Å². The fraction of sp³-hybridized carbons (Fsp3) is 0.188. The van der Waals surface area contributed by atoms with Crippen molar-refractivity contribution in [1.29, 1.82) is 0 Å². The van der Waals surface area contributed by atoms with Crippen molar-refractivity contribution in [2.45, 2.75) is 20.4 Å². The van der Waals surface area contributed by atoms with Crippen molar-refractivity contribution in [2.75, 3.05) is 0 Å². The van der Waals surface area contributed by atoms with Crippen LogP contribution < -0.4 is 10.3 Å². The number of fused-ring (bicyclic) bond motifs is 1. The van der Waals surface area contributed by atoms with Crippen molar-refractivity contribution in [3.8, 4) is 5.75 Å². The van der Waals surface area contributed by atoms with Crippen LogP contribution in [0.15, 0.2) is 35.4 Å². The van der Waals surface area contributed by atoms with E-state index in [0.29, 0.717) is 27.2 Å². The third kappa shape index (κ3) is 2.75. The Morgan fingerprint density at radius 1 is 1.35 bits per heavy atom. The number of benzene rings is 1. The number of hydrogen-bond acceptors (Lipinski definition) is 5. The average Bonchev–Trinajstić information content (AvgIpc) is 2.88. The van der Waals surface area contributed by atoms with Gasteiger partial charge in [-0.2, -0.15) is 0 Å². The maximum Gasteiger partial charge on any atom is 0.354 e. The van der Waals surface area contributed by atoms with Gasteiger partial charge in [0.2, 0.25) is 0 Å². The quantitative estimate of drug-likeness (QED) is 0.546. The molecule has 118 valence electrons. The number of ether oxygens (including phenoxy) is 1. The molecule has 7 heteroatoms. The zero-order chi connectivity index (χ0) is 16.6. The van der Waals surface area contributed by atoms with Crippen LogP contribution in [0, 0.1) is 12.7 Å². The number of nitrogens with zero attached hydrogens (tertiary/aromatic N) is 2. The van der Waals surface area contributed by atoms with E-state index in [4.69, 9.17) is 4.74 Å². The molecule has 0 aliphatic heterocycles. The smallest absolute Gasteiger partial charge is 0.354 e. The molecule has 0 aliphatic carbocycles. The Labute approximate surface area is 135 Å². The van der Waals surface area contributed by atoms with Crippen molar-refractivity contribution in [3.05, 3.63) is 57.2 Å². The number of rotatable bonds is 3. The summed E-state index contributed by atoms with van der Waals surface area (Å²) >= 11 is 1.11. The molecule has 23 heavy (non-hydrogen) atoms. The molecular formula is C16H13FN2O3S. The minimum atomic E-state index is -0.584. The molecule has 2 heterocycles. The third-order valence-electron chi connectivity index (χ3n) is 3.47. The Morgan fingerprint density at radius 2 is 2.04 bits per heavy atom. The van der Waals surface area contributed by atoms with Gasteiger partial charge in [0.1, 0.15) is 21.3 Å². The number of thiophene rings is 1. The third-order valence-corrected chi connectivity index (χ3v) is 4.65. The lowest BCUT2D eigenvalue weighted by molar-refractivity contribution is 0.0739. The highest BCUT2D eigenvalue weighted by molar-refractivity contribution is 7.20. The first kappa shape index (κ1) is 15.4. The number of halogens is 1. The van der Waals surface area contributed by atoms with Crippen molar-refractivity contribution >= 4 is 27.5 Å². The van der Waals surface area contributed by atoms with E-state index in [-0.39, 0.29) is 11.3 Å². The Morgan fingerprint density at radius 3 is 2.70 bits per heavy atom. The zero-order valence-corrected chi connectivity index (χ0v) is 13.3. The van der Waals surface area contributed by atoms with Crippen molar-refractivity contribution in [3.63, 3.8) is 0 Å². The first-order chi connectivity index (χ1) is 11.0. The summed E-state index contributed by atoms with van der Waals surface area (Å²) in [6.07, 6.45) is 1.47. The summed E-state index contributed by atoms with van der Waals surface area (Å²) in [7, 11) is 0. The predicted octanol–water partition coefficient (Wildman–Crippen LogP) is 3.14. The summed E-state index contributed by atoms with van der Waals surface area (Å²) in [6, 6.07) is 5.17. The zero-order valence-electron chi connectivity index (χ0n) is 12.5. The summed E-state index contributed by atoms with van der Waals surface area (Å²) in [6.45, 7) is 4.05. The molecule has 3 rings (SSSR count). The molecule has 0 aliphatic rings. The standard InChI is InChI=1S/C16H13FN2O3S/c1-3-19-8-18-14-12(15(19)20)9(2)13(23-14)16(21)22-11-6-4-10(17)5-7-11/h4-8H,3H2,1-2H3. The van der Waals surface area contributed by atoms with Gasteiger partial charge in [-0.3, -0.25) is 9.36 Å². The fourth-order valence-corrected chi connectivity index (χ4v) is 3.25. The minimum absolute atomic E-state index is 0.174. The van der Waals surface area contributed by atoms with Crippen LogP contribution in [-0.2, 0) is 6.54 Å². The second-order valence-corrected chi connectivity index (χ2v) is 5.91. The highest BCUT2D eigenvalue weighted by Crippen LogP contribution is 2.28. The summed E-state index contributed by atoms with van der Waals surface area (Å²) in [5.74, 6) is -0.751. The molecule has 0 amide bonds. The predicted molar refractivity (Wildman–Crippen MR) is 85.6 cm³/mol. The molecule has 0 fully saturated rings. The van der Waals surface area contributed by atoms with Gasteiger partial charge in [-0.1, -0.05) is 0 Å². The topological polar surface area (TPSA) is 61.2 Å². The van der Waals surface area contributed by atoms with Crippen molar-refractivity contribution in [1.82, 2.24) is 9.55 Å². The lowest BCUT2D eigenvalue weighted by atomic mass is 10.2. The normalized spacial score (nSPS) is 10.9. The number of esters is 1. The number of aryl methyl sites for hydroxylation is 2. The highest BCUT2D eigenvalue weighted by Gasteiger charge is 2.20. The molecule has 0 saturated carbocycles. The number of hydrogen-bond donors (Lipinski definition) is 0. The average molecular weight is 332 g/mol. The molecule has 1 aromatic carbocycles. The first-order valence-corrected chi connectivity index (χ1v) is 7.79. The molecule has 3 aromatic rings. The van der Waals surface area contributed by atoms with Crippen LogP contribution in [0.5, 0.6) is 5.75 Å². The molecule has 0 saturated heterocycles. The van der Waals surface area contributed by atoms with Gasteiger partial charge in [0.05, 0.1) is 11.7 Å². The van der Waals surface area contributed by atoms with E-state index in [1.54, 1.807) is 6.92 Å². The number of aromatic nitrogens is 2. The minimum Gasteiger partial charge on any atom is -0.422 e. The summed E-state index contributed by atoms with van der Waals surface area (Å²) < 4.78 is 19.6. The fourth-order valence-electron chi connectivity index (χ4n) is 2.24. The lowest BCUT2D eigenvalue weighted by Gasteiger charge is -2.03. The van der Waals surface area contributed by atoms with Crippen molar-refractivity contribution in [2.24, 2.45) is 0 Å². The van der Waals surface area contributed by atoms with Gasteiger partial charge in [-0.15, -0.1) is 11.3 Å². The van der Waals surface area contributed by atoms with E-state index in [2.05, 4.69) is 4.98 Å². The molecule has 0 unspecified atom stereocenters. The lowest BCUT2D eigenvalue weighted by Crippen LogP contribution is -2.19. The maximum absolute atomic E-state index is 12.9. The van der Waals surface area contributed by atoms with Gasteiger partial charge in [0.25, 0.3) is 5.56 Å². The Kier molecular flexibility index (Phi) is 3.96. The van der Waals surface area contributed by atoms with Crippen LogP contribution in [0.4, 0.5) is 4.39 Å². The maximum atomic E-state index is 12.9. The number of carbonyl (C=O) groups excluding carboxylic acids is 1. The number of carbonyl (C=O) groups is 1. The second-order valence-electron chi connectivity index (χ2n) is 4.92. The Bertz CT molecular complexity index is 944. The monoisotopic (exact) mass is 332 g/mol. The summed E-state index contributed by atoms with van der Waals surface area (Å²) in [4.78, 5) is 29.7. The van der Waals surface area contributed by atoms with Gasteiger partial charge in [-0.25, -0.2) is 14.2 Å². The highest BCUT2D eigenvalue weighted by atomic mass is 32.1. The van der Waals surface area contributed by atoms with Crippen molar-refractivity contribution < 1.29 is 13.9 Å². The molecule has 0 bridgehead atoms. The van der Waals surface area contributed by atoms with Gasteiger partial charge < -0.3 is 4.74 Å². The molecular weight excluding hydrogens is 319 g/mol. The molecule has 2 aromatic heterocycles. The Balaban J connectivity index is 2.01. The van der Waals surface area contributed by atoms with Gasteiger partial charge in [0.15, 0.2) is 0 Å². The molecule has 5 nitrogen and oxygen atoms in total. The molecule has 0 N–H and O–H groups in total. The molecule has 0 spiro atoms. The van der Waals surface area contributed by atoms with Crippen LogP contribution in [0.25, 0.3) is 10.2 Å². The van der Waals surface area contributed by atoms with Crippen LogP contribution >= 0.6 is 11.3 Å². The van der Waals surface area contributed by atoms with E-state index in [1.165, 1.54) is 35.2 Å². The largest absolute Gasteiger partial charge is 0.422 e. The van der Waals surface area contributed by atoms with E-state index >= 15 is 0 Å². The van der Waals surface area contributed by atoms with Crippen LogP contribution in [0.3, 0.4) is 0 Å². The van der Waals surface area contributed by atoms with Gasteiger partial charge in [0, 0.05) is 6.54 Å². The second kappa shape index (κ2) is 5.92. The summed E-state index contributed by atoms with van der Waals surface area (Å²) in [5.41, 5.74) is 0.379. The van der Waals surface area contributed by atoms with Crippen LogP contribution in [0.2, 0.25) is 0 Å². The van der Waals surface area contributed by atoms with Crippen LogP contribution in [-0.4, -0.2) is 15.5 Å². The first-order valence-electron chi connectivity index (χ1n) is 6.97. The Hall–Kier alpha value is -2.54. The molecule has 0 radical (unpaired) electrons. The van der Waals surface area contributed by atoms with E-state index in [0.717, 1.165) is 11.3 Å². The van der Waals surface area contributed by atoms with Gasteiger partial charge in [-0.05, 0) is 43.7 Å².